The van der Waals surface area contributed by atoms with Gasteiger partial charge in [-0.2, -0.15) is 0 Å². The van der Waals surface area contributed by atoms with Crippen LogP contribution in [0.4, 0.5) is 11.8 Å². The maximum Gasteiger partial charge on any atom is 0.242 e. The van der Waals surface area contributed by atoms with Crippen LogP contribution in [0.5, 0.6) is 0 Å². The molecular formula is C22H28N6O3S. The zero-order valence-corrected chi connectivity index (χ0v) is 19.3. The Bertz CT molecular complexity index is 1210. The maximum atomic E-state index is 12.4. The Morgan fingerprint density at radius 1 is 1.06 bits per heavy atom. The van der Waals surface area contributed by atoms with Crippen molar-refractivity contribution < 1.29 is 13.2 Å². The number of nitrogen functional groups attached to an aromatic ring is 1. The van der Waals surface area contributed by atoms with Crippen LogP contribution in [0.1, 0.15) is 25.7 Å². The normalized spacial score (nSPS) is 19.4. The lowest BCUT2D eigenvalue weighted by molar-refractivity contribution is 0.0681. The number of hydrogen-bond donors (Lipinski definition) is 2. The third-order valence-electron chi connectivity index (χ3n) is 5.94. The molecule has 0 atom stereocenters. The number of nitrogens with two attached hydrogens (primary N) is 1. The van der Waals surface area contributed by atoms with E-state index in [0.29, 0.717) is 28.8 Å². The number of methoxy groups -OCH3 is 1. The highest BCUT2D eigenvalue weighted by molar-refractivity contribution is 7.89. The first-order valence-corrected chi connectivity index (χ1v) is 12.0. The number of nitrogens with one attached hydrogen (secondary N) is 1. The van der Waals surface area contributed by atoms with Gasteiger partial charge in [-0.25, -0.2) is 27.7 Å². The van der Waals surface area contributed by atoms with E-state index in [1.54, 1.807) is 43.8 Å². The molecule has 1 fully saturated rings. The summed E-state index contributed by atoms with van der Waals surface area (Å²) >= 11 is 0. The fourth-order valence-corrected chi connectivity index (χ4v) is 4.86. The van der Waals surface area contributed by atoms with Crippen LogP contribution in [0, 0.1) is 0 Å². The number of ether oxygens (including phenoxy) is 1. The van der Waals surface area contributed by atoms with Gasteiger partial charge in [0.25, 0.3) is 0 Å². The van der Waals surface area contributed by atoms with Crippen molar-refractivity contribution in [2.24, 2.45) is 0 Å². The number of anilines is 2. The van der Waals surface area contributed by atoms with Crippen LogP contribution in [0.15, 0.2) is 41.6 Å². The predicted molar refractivity (Wildman–Crippen MR) is 125 cm³/mol. The van der Waals surface area contributed by atoms with Crippen molar-refractivity contribution in [1.29, 1.82) is 0 Å². The fraction of sp³-hybridized carbons (Fsp3) is 0.409. The molecule has 0 aliphatic heterocycles. The summed E-state index contributed by atoms with van der Waals surface area (Å²) in [5, 5.41) is 4.09. The van der Waals surface area contributed by atoms with Crippen LogP contribution in [0.3, 0.4) is 0 Å². The Kier molecular flexibility index (Phi) is 6.27. The monoisotopic (exact) mass is 456 g/mol. The van der Waals surface area contributed by atoms with Gasteiger partial charge in [0, 0.05) is 45.2 Å². The Morgan fingerprint density at radius 3 is 2.38 bits per heavy atom. The first kappa shape index (κ1) is 22.4. The van der Waals surface area contributed by atoms with Crippen molar-refractivity contribution in [3.63, 3.8) is 0 Å². The molecule has 1 saturated carbocycles. The molecule has 2 heterocycles. The molecule has 170 valence electrons. The van der Waals surface area contributed by atoms with Gasteiger partial charge >= 0.3 is 0 Å². The van der Waals surface area contributed by atoms with Crippen LogP contribution in [0.25, 0.3) is 22.0 Å². The number of rotatable bonds is 6. The van der Waals surface area contributed by atoms with Gasteiger partial charge in [-0.05, 0) is 43.4 Å². The van der Waals surface area contributed by atoms with Crippen LogP contribution in [-0.2, 0) is 14.8 Å². The minimum atomic E-state index is -3.50. The molecule has 3 aromatic rings. The smallest absolute Gasteiger partial charge is 0.242 e. The van der Waals surface area contributed by atoms with E-state index in [1.807, 2.05) is 0 Å². The fourth-order valence-electron chi connectivity index (χ4n) is 3.96. The van der Waals surface area contributed by atoms with Gasteiger partial charge in [-0.3, -0.25) is 0 Å². The lowest BCUT2D eigenvalue weighted by Gasteiger charge is -2.28. The molecule has 1 aliphatic rings. The molecule has 0 amide bonds. The minimum Gasteiger partial charge on any atom is -0.383 e. The standard InChI is InChI=1S/C22H28N6O3S/c1-28(2)32(29,30)17-10-4-14(5-11-17)18-12-24-21(23)19-13-25-22(27-20(18)19)26-15-6-8-16(31-3)9-7-15/h4-5,10-13,15-16H,6-9H2,1-3H3,(H2,23,24)(H,25,26,27). The summed E-state index contributed by atoms with van der Waals surface area (Å²) in [6, 6.07) is 6.97. The minimum absolute atomic E-state index is 0.225. The molecule has 3 N–H and O–H groups in total. The summed E-state index contributed by atoms with van der Waals surface area (Å²) < 4.78 is 31.4. The van der Waals surface area contributed by atoms with Crippen molar-refractivity contribution in [1.82, 2.24) is 19.3 Å². The molecule has 0 saturated heterocycles. The molecule has 9 nitrogen and oxygen atoms in total. The summed E-state index contributed by atoms with van der Waals surface area (Å²) in [5.74, 6) is 0.889. The molecule has 1 aromatic carbocycles. The van der Waals surface area contributed by atoms with Crippen molar-refractivity contribution in [2.45, 2.75) is 42.7 Å². The molecule has 0 spiro atoms. The number of aromatic nitrogens is 3. The average molecular weight is 457 g/mol. The molecule has 0 radical (unpaired) electrons. The maximum absolute atomic E-state index is 12.4. The lowest BCUT2D eigenvalue weighted by atomic mass is 9.93. The van der Waals surface area contributed by atoms with Crippen molar-refractivity contribution in [2.75, 3.05) is 32.3 Å². The van der Waals surface area contributed by atoms with E-state index in [0.717, 1.165) is 36.8 Å². The zero-order valence-electron chi connectivity index (χ0n) is 18.4. The molecule has 10 heteroatoms. The quantitative estimate of drug-likeness (QED) is 0.580. The van der Waals surface area contributed by atoms with Crippen molar-refractivity contribution >= 4 is 32.7 Å². The first-order valence-electron chi connectivity index (χ1n) is 10.5. The van der Waals surface area contributed by atoms with E-state index in [4.69, 9.17) is 15.5 Å². The lowest BCUT2D eigenvalue weighted by Crippen LogP contribution is -2.29. The summed E-state index contributed by atoms with van der Waals surface area (Å²) in [4.78, 5) is 13.7. The average Bonchev–Trinajstić information content (AvgIpc) is 2.80. The van der Waals surface area contributed by atoms with Gasteiger partial charge < -0.3 is 15.8 Å². The van der Waals surface area contributed by atoms with Crippen LogP contribution in [0.2, 0.25) is 0 Å². The highest BCUT2D eigenvalue weighted by Crippen LogP contribution is 2.31. The Hall–Kier alpha value is -2.82. The summed E-state index contributed by atoms with van der Waals surface area (Å²) in [6.07, 6.45) is 7.66. The Morgan fingerprint density at radius 2 is 1.75 bits per heavy atom. The number of pyridine rings is 1. The van der Waals surface area contributed by atoms with Crippen molar-refractivity contribution in [3.8, 4) is 11.1 Å². The second kappa shape index (κ2) is 8.97. The summed E-state index contributed by atoms with van der Waals surface area (Å²) in [5.41, 5.74) is 8.30. The molecule has 1 aliphatic carbocycles. The molecule has 0 unspecified atom stereocenters. The molecule has 32 heavy (non-hydrogen) atoms. The number of fused-ring (bicyclic) bond motifs is 1. The number of sulfonamides is 1. The number of hydrogen-bond acceptors (Lipinski definition) is 8. The highest BCUT2D eigenvalue weighted by atomic mass is 32.2. The second-order valence-electron chi connectivity index (χ2n) is 8.18. The molecule has 0 bridgehead atoms. The number of nitrogens with zero attached hydrogens (tertiary/aromatic N) is 4. The first-order chi connectivity index (χ1) is 15.3. The largest absolute Gasteiger partial charge is 0.383 e. The topological polar surface area (TPSA) is 123 Å². The molecule has 4 rings (SSSR count). The van der Waals surface area contributed by atoms with E-state index in [1.165, 1.54) is 18.4 Å². The second-order valence-corrected chi connectivity index (χ2v) is 10.3. The van der Waals surface area contributed by atoms with E-state index >= 15 is 0 Å². The van der Waals surface area contributed by atoms with E-state index < -0.39 is 10.0 Å². The van der Waals surface area contributed by atoms with Crippen LogP contribution >= 0.6 is 0 Å². The van der Waals surface area contributed by atoms with Gasteiger partial charge in [-0.15, -0.1) is 0 Å². The third kappa shape index (κ3) is 4.38. The van der Waals surface area contributed by atoms with Crippen LogP contribution in [-0.4, -0.2) is 61.0 Å². The summed E-state index contributed by atoms with van der Waals surface area (Å²) in [7, 11) is 1.27. The summed E-state index contributed by atoms with van der Waals surface area (Å²) in [6.45, 7) is 0. The van der Waals surface area contributed by atoms with Gasteiger partial charge in [0.15, 0.2) is 0 Å². The van der Waals surface area contributed by atoms with Crippen molar-refractivity contribution in [3.05, 3.63) is 36.7 Å². The Labute approximate surface area is 188 Å². The zero-order chi connectivity index (χ0) is 22.9. The van der Waals surface area contributed by atoms with Gasteiger partial charge in [0.1, 0.15) is 5.82 Å². The van der Waals surface area contributed by atoms with Gasteiger partial charge in [-0.1, -0.05) is 12.1 Å². The Balaban J connectivity index is 1.66. The van der Waals surface area contributed by atoms with Gasteiger partial charge in [0.05, 0.1) is 21.9 Å². The van der Waals surface area contributed by atoms with Crippen LogP contribution < -0.4 is 11.1 Å². The van der Waals surface area contributed by atoms with E-state index in [9.17, 15) is 8.42 Å². The van der Waals surface area contributed by atoms with E-state index in [2.05, 4.69) is 15.3 Å². The van der Waals surface area contributed by atoms with Gasteiger partial charge in [0.2, 0.25) is 16.0 Å². The molecule has 2 aromatic heterocycles. The number of benzene rings is 1. The third-order valence-corrected chi connectivity index (χ3v) is 7.77. The molecular weight excluding hydrogens is 428 g/mol. The highest BCUT2D eigenvalue weighted by Gasteiger charge is 2.22. The predicted octanol–water partition coefficient (Wildman–Crippen LogP) is 2.89. The van der Waals surface area contributed by atoms with E-state index in [-0.39, 0.29) is 10.9 Å². The SMILES string of the molecule is COC1CCC(Nc2ncc3c(N)ncc(-c4ccc(S(=O)(=O)N(C)C)cc4)c3n2)CC1.